The van der Waals surface area contributed by atoms with Crippen LogP contribution < -0.4 is 4.74 Å². The number of nitro groups is 1. The maximum Gasteiger partial charge on any atom is 0.311 e. The summed E-state index contributed by atoms with van der Waals surface area (Å²) >= 11 is 9.18. The van der Waals surface area contributed by atoms with E-state index in [1.54, 1.807) is 12.1 Å². The third kappa shape index (κ3) is 3.54. The predicted octanol–water partition coefficient (Wildman–Crippen LogP) is 5.51. The zero-order chi connectivity index (χ0) is 15.6. The number of nitro benzene ring substituents is 1. The summed E-state index contributed by atoms with van der Waals surface area (Å²) in [6, 6.07) is 8.38. The molecule has 0 atom stereocenters. The molecule has 6 heteroatoms. The van der Waals surface area contributed by atoms with Crippen LogP contribution in [0, 0.1) is 24.0 Å². The van der Waals surface area contributed by atoms with Crippen LogP contribution in [0.5, 0.6) is 11.5 Å². The number of rotatable bonds is 4. The van der Waals surface area contributed by atoms with Crippen LogP contribution in [0.25, 0.3) is 0 Å². The lowest BCUT2D eigenvalue weighted by Gasteiger charge is -2.10. The Bertz CT molecular complexity index is 680. The van der Waals surface area contributed by atoms with E-state index in [4.69, 9.17) is 16.3 Å². The normalized spacial score (nSPS) is 10.5. The molecular weight excluding hydrogens is 358 g/mol. The first-order valence-electron chi connectivity index (χ1n) is 6.20. The summed E-state index contributed by atoms with van der Waals surface area (Å²) in [6.45, 7) is 3.88. The minimum atomic E-state index is -0.468. The summed E-state index contributed by atoms with van der Waals surface area (Å²) in [5, 5.41) is 11.1. The van der Waals surface area contributed by atoms with E-state index in [9.17, 15) is 10.1 Å². The Morgan fingerprint density at radius 3 is 2.38 bits per heavy atom. The van der Waals surface area contributed by atoms with Gasteiger partial charge in [0, 0.05) is 16.4 Å². The van der Waals surface area contributed by atoms with Crippen molar-refractivity contribution in [3.8, 4) is 11.5 Å². The number of aryl methyl sites for hydroxylation is 2. The van der Waals surface area contributed by atoms with Crippen molar-refractivity contribution in [3.05, 3.63) is 61.6 Å². The number of ether oxygens (including phenoxy) is 1. The summed E-state index contributed by atoms with van der Waals surface area (Å²) in [5.41, 5.74) is 2.60. The first-order chi connectivity index (χ1) is 9.92. The number of hydrogen-bond donors (Lipinski definition) is 0. The lowest BCUT2D eigenvalue weighted by Crippen LogP contribution is -1.95. The minimum Gasteiger partial charge on any atom is -0.450 e. The van der Waals surface area contributed by atoms with Crippen LogP contribution in [0.4, 0.5) is 5.69 Å². The minimum absolute atomic E-state index is 0.0913. The van der Waals surface area contributed by atoms with Crippen LogP contribution >= 0.6 is 27.5 Å². The average molecular weight is 371 g/mol. The van der Waals surface area contributed by atoms with Crippen molar-refractivity contribution in [2.24, 2.45) is 0 Å². The van der Waals surface area contributed by atoms with Crippen molar-refractivity contribution in [2.75, 3.05) is 0 Å². The van der Waals surface area contributed by atoms with Gasteiger partial charge in [-0.3, -0.25) is 10.1 Å². The van der Waals surface area contributed by atoms with Crippen LogP contribution in [-0.2, 0) is 5.88 Å². The third-order valence-electron chi connectivity index (χ3n) is 3.01. The van der Waals surface area contributed by atoms with Gasteiger partial charge in [0.25, 0.3) is 0 Å². The number of nitrogens with zero attached hydrogens (tertiary/aromatic N) is 1. The molecular formula is C15H13BrClNO3. The Morgan fingerprint density at radius 2 is 1.86 bits per heavy atom. The van der Waals surface area contributed by atoms with E-state index in [2.05, 4.69) is 15.9 Å². The molecule has 110 valence electrons. The van der Waals surface area contributed by atoms with E-state index in [1.807, 2.05) is 26.0 Å². The SMILES string of the molecule is Cc1cc(Oc2ccc(CCl)cc2[N+](=O)[O-])cc(C)c1Br. The van der Waals surface area contributed by atoms with Gasteiger partial charge in [-0.1, -0.05) is 22.0 Å². The fourth-order valence-electron chi connectivity index (χ4n) is 1.97. The maximum absolute atomic E-state index is 11.1. The average Bonchev–Trinajstić information content (AvgIpc) is 2.44. The van der Waals surface area contributed by atoms with Crippen LogP contribution in [-0.4, -0.2) is 4.92 Å². The molecule has 0 aliphatic carbocycles. The molecule has 0 aliphatic rings. The van der Waals surface area contributed by atoms with Crippen LogP contribution in [0.2, 0.25) is 0 Å². The molecule has 0 spiro atoms. The molecule has 0 saturated heterocycles. The monoisotopic (exact) mass is 369 g/mol. The zero-order valence-electron chi connectivity index (χ0n) is 11.5. The molecule has 0 amide bonds. The van der Waals surface area contributed by atoms with Crippen molar-refractivity contribution >= 4 is 33.2 Å². The summed E-state index contributed by atoms with van der Waals surface area (Å²) in [7, 11) is 0. The molecule has 0 unspecified atom stereocenters. The van der Waals surface area contributed by atoms with E-state index in [0.717, 1.165) is 15.6 Å². The molecule has 0 heterocycles. The number of halogens is 2. The fourth-order valence-corrected chi connectivity index (χ4v) is 2.36. The molecule has 0 N–H and O–H groups in total. The van der Waals surface area contributed by atoms with Crippen LogP contribution in [0.15, 0.2) is 34.8 Å². The summed E-state index contributed by atoms with van der Waals surface area (Å²) in [6.07, 6.45) is 0. The van der Waals surface area contributed by atoms with Crippen LogP contribution in [0.3, 0.4) is 0 Å². The van der Waals surface area contributed by atoms with E-state index in [-0.39, 0.29) is 17.3 Å². The molecule has 21 heavy (non-hydrogen) atoms. The Balaban J connectivity index is 2.42. The van der Waals surface area contributed by atoms with Gasteiger partial charge in [0.2, 0.25) is 5.75 Å². The number of alkyl halides is 1. The second-order valence-corrected chi connectivity index (χ2v) is 5.73. The second-order valence-electron chi connectivity index (χ2n) is 4.67. The molecule has 0 aromatic heterocycles. The van der Waals surface area contributed by atoms with Crippen molar-refractivity contribution in [1.82, 2.24) is 0 Å². The molecule has 0 bridgehead atoms. The first kappa shape index (κ1) is 15.8. The molecule has 0 radical (unpaired) electrons. The Morgan fingerprint density at radius 1 is 1.24 bits per heavy atom. The molecule has 2 rings (SSSR count). The van der Waals surface area contributed by atoms with Crippen LogP contribution in [0.1, 0.15) is 16.7 Å². The van der Waals surface area contributed by atoms with E-state index in [0.29, 0.717) is 11.3 Å². The highest BCUT2D eigenvalue weighted by Crippen LogP contribution is 2.35. The highest BCUT2D eigenvalue weighted by molar-refractivity contribution is 9.10. The Hall–Kier alpha value is -1.59. The first-order valence-corrected chi connectivity index (χ1v) is 7.53. The lowest BCUT2D eigenvalue weighted by molar-refractivity contribution is -0.385. The molecule has 2 aromatic rings. The third-order valence-corrected chi connectivity index (χ3v) is 4.57. The highest BCUT2D eigenvalue weighted by Gasteiger charge is 2.17. The largest absolute Gasteiger partial charge is 0.450 e. The summed E-state index contributed by atoms with van der Waals surface area (Å²) < 4.78 is 6.68. The van der Waals surface area contributed by atoms with Crippen molar-refractivity contribution in [2.45, 2.75) is 19.7 Å². The highest BCUT2D eigenvalue weighted by atomic mass is 79.9. The lowest BCUT2D eigenvalue weighted by atomic mass is 10.1. The van der Waals surface area contributed by atoms with Gasteiger partial charge in [-0.25, -0.2) is 0 Å². The van der Waals surface area contributed by atoms with Crippen molar-refractivity contribution in [3.63, 3.8) is 0 Å². The Labute approximate surface area is 136 Å². The fraction of sp³-hybridized carbons (Fsp3) is 0.200. The smallest absolute Gasteiger partial charge is 0.311 e. The molecule has 0 fully saturated rings. The van der Waals surface area contributed by atoms with Gasteiger partial charge >= 0.3 is 5.69 Å². The summed E-state index contributed by atoms with van der Waals surface area (Å²) in [4.78, 5) is 10.7. The van der Waals surface area contributed by atoms with Gasteiger partial charge in [-0.2, -0.15) is 0 Å². The molecule has 0 aliphatic heterocycles. The quantitative estimate of drug-likeness (QED) is 0.405. The number of benzene rings is 2. The second kappa shape index (κ2) is 6.45. The van der Waals surface area contributed by atoms with Gasteiger partial charge < -0.3 is 4.74 Å². The summed E-state index contributed by atoms with van der Waals surface area (Å²) in [5.74, 6) is 0.988. The molecule has 0 saturated carbocycles. The van der Waals surface area contributed by atoms with Gasteiger partial charge in [0.15, 0.2) is 0 Å². The molecule has 4 nitrogen and oxygen atoms in total. The van der Waals surface area contributed by atoms with E-state index >= 15 is 0 Å². The maximum atomic E-state index is 11.1. The van der Waals surface area contributed by atoms with E-state index < -0.39 is 4.92 Å². The Kier molecular flexibility index (Phi) is 4.85. The topological polar surface area (TPSA) is 52.4 Å². The standard InChI is InChI=1S/C15H13BrClNO3/c1-9-5-12(6-10(2)15(9)16)21-14-4-3-11(8-17)7-13(14)18(19)20/h3-7H,8H2,1-2H3. The van der Waals surface area contributed by atoms with E-state index in [1.165, 1.54) is 6.07 Å². The van der Waals surface area contributed by atoms with Gasteiger partial charge in [0.1, 0.15) is 5.75 Å². The molecule has 2 aromatic carbocycles. The van der Waals surface area contributed by atoms with Gasteiger partial charge in [-0.15, -0.1) is 11.6 Å². The van der Waals surface area contributed by atoms with Gasteiger partial charge in [0.05, 0.1) is 4.92 Å². The zero-order valence-corrected chi connectivity index (χ0v) is 13.9. The van der Waals surface area contributed by atoms with Crippen molar-refractivity contribution in [1.29, 1.82) is 0 Å². The number of hydrogen-bond acceptors (Lipinski definition) is 3. The van der Waals surface area contributed by atoms with Gasteiger partial charge in [-0.05, 0) is 48.7 Å². The van der Waals surface area contributed by atoms with Crippen molar-refractivity contribution < 1.29 is 9.66 Å². The predicted molar refractivity (Wildman–Crippen MR) is 86.3 cm³/mol.